The van der Waals surface area contributed by atoms with Gasteiger partial charge in [-0.3, -0.25) is 4.68 Å². The highest BCUT2D eigenvalue weighted by Gasteiger charge is 2.32. The lowest BCUT2D eigenvalue weighted by Crippen LogP contribution is -2.49. The Bertz CT molecular complexity index is 632. The zero-order chi connectivity index (χ0) is 14.9. The molecule has 0 N–H and O–H groups in total. The van der Waals surface area contributed by atoms with E-state index in [9.17, 15) is 8.42 Å². The second-order valence-corrected chi connectivity index (χ2v) is 7.20. The van der Waals surface area contributed by atoms with Crippen molar-refractivity contribution < 1.29 is 13.2 Å². The maximum atomic E-state index is 12.7. The van der Waals surface area contributed by atoms with Crippen molar-refractivity contribution in [3.8, 4) is 0 Å². The van der Waals surface area contributed by atoms with Gasteiger partial charge in [-0.15, -0.1) is 0 Å². The molecule has 0 aliphatic carbocycles. The fourth-order valence-electron chi connectivity index (χ4n) is 2.65. The Hall–Kier alpha value is -1.22. The molecule has 0 saturated carbocycles. The first kappa shape index (κ1) is 14.7. The van der Waals surface area contributed by atoms with Crippen molar-refractivity contribution in [1.82, 2.24) is 18.4 Å². The lowest BCUT2D eigenvalue weighted by atomic mass is 10.1. The molecule has 1 aromatic heterocycles. The van der Waals surface area contributed by atoms with Crippen molar-refractivity contribution in [3.05, 3.63) is 24.0 Å². The van der Waals surface area contributed by atoms with E-state index >= 15 is 0 Å². The minimum Gasteiger partial charge on any atom is -0.379 e. The first-order chi connectivity index (χ1) is 10.1. The van der Waals surface area contributed by atoms with Crippen LogP contribution in [-0.2, 0) is 22.0 Å². The van der Waals surface area contributed by atoms with Crippen LogP contribution in [0.2, 0.25) is 0 Å². The van der Waals surface area contributed by atoms with Crippen LogP contribution in [-0.4, -0.2) is 66.2 Å². The Morgan fingerprint density at radius 2 is 1.95 bits per heavy atom. The largest absolute Gasteiger partial charge is 0.379 e. The lowest BCUT2D eigenvalue weighted by Gasteiger charge is -2.33. The van der Waals surface area contributed by atoms with E-state index in [0.717, 1.165) is 17.6 Å². The second-order valence-electron chi connectivity index (χ2n) is 5.27. The van der Waals surface area contributed by atoms with Crippen molar-refractivity contribution in [1.29, 1.82) is 0 Å². The molecule has 0 bridgehead atoms. The quantitative estimate of drug-likeness (QED) is 0.793. The van der Waals surface area contributed by atoms with Gasteiger partial charge in [-0.05, 0) is 12.0 Å². The predicted octanol–water partition coefficient (Wildman–Crippen LogP) is 0.0862. The van der Waals surface area contributed by atoms with Gasteiger partial charge in [-0.25, -0.2) is 0 Å². The number of morpholine rings is 1. The van der Waals surface area contributed by atoms with Gasteiger partial charge in [-0.2, -0.15) is 22.1 Å². The Kier molecular flexibility index (Phi) is 4.12. The van der Waals surface area contributed by atoms with Crippen LogP contribution in [0.4, 0.5) is 0 Å². The highest BCUT2D eigenvalue weighted by molar-refractivity contribution is 7.86. The number of hydrogen-bond acceptors (Lipinski definition) is 4. The zero-order valence-electron chi connectivity index (χ0n) is 12.1. The van der Waals surface area contributed by atoms with Gasteiger partial charge in [0.1, 0.15) is 0 Å². The van der Waals surface area contributed by atoms with Gasteiger partial charge in [0.15, 0.2) is 0 Å². The smallest absolute Gasteiger partial charge is 0.282 e. The van der Waals surface area contributed by atoms with Gasteiger partial charge >= 0.3 is 0 Å². The average molecular weight is 312 g/mol. The third kappa shape index (κ3) is 3.03. The molecule has 8 heteroatoms. The summed E-state index contributed by atoms with van der Waals surface area (Å²) in [5, 5.41) is 4.15. The Labute approximate surface area is 125 Å². The van der Waals surface area contributed by atoms with E-state index < -0.39 is 10.2 Å². The summed E-state index contributed by atoms with van der Waals surface area (Å²) in [5.41, 5.74) is 2.01. The number of ether oxygens (including phenoxy) is 1. The van der Waals surface area contributed by atoms with Gasteiger partial charge < -0.3 is 4.74 Å². The van der Waals surface area contributed by atoms with E-state index in [1.54, 1.807) is 15.2 Å². The van der Waals surface area contributed by atoms with Crippen molar-refractivity contribution >= 4 is 15.8 Å². The van der Waals surface area contributed by atoms with Crippen LogP contribution < -0.4 is 0 Å². The number of nitrogens with zero attached hydrogens (tertiary/aromatic N) is 4. The average Bonchev–Trinajstić information content (AvgIpc) is 2.95. The summed E-state index contributed by atoms with van der Waals surface area (Å²) in [5.74, 6) is 0. The monoisotopic (exact) mass is 312 g/mol. The summed E-state index contributed by atoms with van der Waals surface area (Å²) in [6.45, 7) is 2.75. The van der Waals surface area contributed by atoms with E-state index in [1.165, 1.54) is 4.31 Å². The van der Waals surface area contributed by atoms with Crippen LogP contribution in [0.1, 0.15) is 12.0 Å². The molecule has 0 aromatic carbocycles. The van der Waals surface area contributed by atoms with Gasteiger partial charge in [0.05, 0.1) is 19.4 Å². The zero-order valence-corrected chi connectivity index (χ0v) is 12.9. The molecule has 0 unspecified atom stereocenters. The van der Waals surface area contributed by atoms with Crippen LogP contribution in [0, 0.1) is 0 Å². The summed E-state index contributed by atoms with van der Waals surface area (Å²) < 4.78 is 35.4. The van der Waals surface area contributed by atoms with Crippen molar-refractivity contribution in [2.75, 3.05) is 39.4 Å². The minimum absolute atomic E-state index is 0.408. The van der Waals surface area contributed by atoms with E-state index in [0.29, 0.717) is 39.4 Å². The van der Waals surface area contributed by atoms with Gasteiger partial charge in [0, 0.05) is 45.0 Å². The molecule has 0 spiro atoms. The Morgan fingerprint density at radius 3 is 2.62 bits per heavy atom. The fraction of sp³-hybridized carbons (Fsp3) is 0.615. The molecular weight excluding hydrogens is 292 g/mol. The molecule has 1 aromatic rings. The number of rotatable bonds is 3. The fourth-order valence-corrected chi connectivity index (χ4v) is 4.23. The maximum absolute atomic E-state index is 12.7. The van der Waals surface area contributed by atoms with Crippen molar-refractivity contribution in [2.24, 2.45) is 7.05 Å². The predicted molar refractivity (Wildman–Crippen MR) is 78.7 cm³/mol. The molecule has 0 amide bonds. The third-order valence-corrected chi connectivity index (χ3v) is 5.80. The lowest BCUT2D eigenvalue weighted by molar-refractivity contribution is 0.0704. The summed E-state index contributed by atoms with van der Waals surface area (Å²) in [6.07, 6.45) is 6.52. The summed E-state index contributed by atoms with van der Waals surface area (Å²) in [7, 11) is -1.54. The first-order valence-corrected chi connectivity index (χ1v) is 8.48. The molecule has 7 nitrogen and oxygen atoms in total. The van der Waals surface area contributed by atoms with Crippen LogP contribution >= 0.6 is 0 Å². The number of aryl methyl sites for hydroxylation is 1. The molecule has 116 valence electrons. The SMILES string of the molecule is Cn1cc(C2=CCCN(S(=O)(=O)N3CCOCC3)C2)cn1. The number of aromatic nitrogens is 2. The molecule has 0 atom stereocenters. The van der Waals surface area contributed by atoms with Crippen molar-refractivity contribution in [3.63, 3.8) is 0 Å². The van der Waals surface area contributed by atoms with Crippen molar-refractivity contribution in [2.45, 2.75) is 6.42 Å². The van der Waals surface area contributed by atoms with Crippen LogP contribution in [0.25, 0.3) is 5.57 Å². The van der Waals surface area contributed by atoms with E-state index in [-0.39, 0.29) is 0 Å². The van der Waals surface area contributed by atoms with E-state index in [4.69, 9.17) is 4.74 Å². The maximum Gasteiger partial charge on any atom is 0.282 e. The van der Waals surface area contributed by atoms with Crippen LogP contribution in [0.15, 0.2) is 18.5 Å². The molecule has 0 radical (unpaired) electrons. The standard InChI is InChI=1S/C13H20N4O3S/c1-15-10-13(9-14-15)12-3-2-4-17(11-12)21(18,19)16-5-7-20-8-6-16/h3,9-10H,2,4-8,11H2,1H3. The van der Waals surface area contributed by atoms with Gasteiger partial charge in [0.25, 0.3) is 10.2 Å². The molecule has 1 fully saturated rings. The van der Waals surface area contributed by atoms with Crippen LogP contribution in [0.5, 0.6) is 0 Å². The molecule has 21 heavy (non-hydrogen) atoms. The molecule has 3 heterocycles. The Morgan fingerprint density at radius 1 is 1.19 bits per heavy atom. The molecular formula is C13H20N4O3S. The first-order valence-electron chi connectivity index (χ1n) is 7.08. The third-order valence-electron chi connectivity index (χ3n) is 3.81. The highest BCUT2D eigenvalue weighted by atomic mass is 32.2. The van der Waals surface area contributed by atoms with Crippen LogP contribution in [0.3, 0.4) is 0 Å². The van der Waals surface area contributed by atoms with E-state index in [2.05, 4.69) is 11.2 Å². The Balaban J connectivity index is 1.76. The normalized spacial score (nSPS) is 22.2. The summed E-state index contributed by atoms with van der Waals surface area (Å²) in [6, 6.07) is 0. The molecule has 2 aliphatic rings. The summed E-state index contributed by atoms with van der Waals surface area (Å²) >= 11 is 0. The molecule has 2 aliphatic heterocycles. The molecule has 3 rings (SSSR count). The minimum atomic E-state index is -3.40. The van der Waals surface area contributed by atoms with Gasteiger partial charge in [0.2, 0.25) is 0 Å². The topological polar surface area (TPSA) is 67.7 Å². The van der Waals surface area contributed by atoms with E-state index in [1.807, 2.05) is 13.2 Å². The summed E-state index contributed by atoms with van der Waals surface area (Å²) in [4.78, 5) is 0. The highest BCUT2D eigenvalue weighted by Crippen LogP contribution is 2.23. The number of hydrogen-bond donors (Lipinski definition) is 0. The molecule has 1 saturated heterocycles. The van der Waals surface area contributed by atoms with Gasteiger partial charge in [-0.1, -0.05) is 6.08 Å². The second kappa shape index (κ2) is 5.88.